The Morgan fingerprint density at radius 2 is 1.28 bits per heavy atom. The van der Waals surface area contributed by atoms with Gasteiger partial charge in [0, 0.05) is 75.2 Å². The van der Waals surface area contributed by atoms with Gasteiger partial charge < -0.3 is 23.0 Å². The Morgan fingerprint density at radius 1 is 0.566 bits per heavy atom. The molecule has 0 aliphatic heterocycles. The fourth-order valence-electron chi connectivity index (χ4n) is 8.40. The molecule has 0 spiro atoms. The molecule has 0 fully saturated rings. The number of ether oxygens (including phenoxy) is 1. The SMILES string of the molecule is Cn1[c-][n+](-c2cccc(Oc3ccc4c5c6c7ccccc7n(-c7ccccc7)c6c6c(c7ccccc7n6C)c5n(-c5ccccn5)c4c3)c2)cc1. The van der Waals surface area contributed by atoms with Crippen LogP contribution < -0.4 is 9.30 Å². The zero-order valence-corrected chi connectivity index (χ0v) is 29.1. The molecule has 0 atom stereocenters. The van der Waals surface area contributed by atoms with Crippen LogP contribution in [0.2, 0.25) is 0 Å². The third-order valence-corrected chi connectivity index (χ3v) is 10.6. The molecule has 252 valence electrons. The van der Waals surface area contributed by atoms with E-state index in [1.165, 1.54) is 49.0 Å². The van der Waals surface area contributed by atoms with Crippen LogP contribution in [0.5, 0.6) is 11.5 Å². The van der Waals surface area contributed by atoms with Gasteiger partial charge in [0.2, 0.25) is 6.33 Å². The van der Waals surface area contributed by atoms with Gasteiger partial charge in [0.05, 0.1) is 40.3 Å². The van der Waals surface area contributed by atoms with Crippen LogP contribution in [0.1, 0.15) is 0 Å². The van der Waals surface area contributed by atoms with E-state index in [0.717, 1.165) is 45.1 Å². The van der Waals surface area contributed by atoms with Gasteiger partial charge in [-0.05, 0) is 60.7 Å². The molecule has 6 aromatic carbocycles. The second-order valence-corrected chi connectivity index (χ2v) is 13.6. The van der Waals surface area contributed by atoms with Crippen molar-refractivity contribution < 1.29 is 9.30 Å². The van der Waals surface area contributed by atoms with E-state index in [9.17, 15) is 0 Å². The van der Waals surface area contributed by atoms with Crippen LogP contribution in [0.25, 0.3) is 82.6 Å². The van der Waals surface area contributed by atoms with E-state index in [-0.39, 0.29) is 0 Å². The van der Waals surface area contributed by atoms with Gasteiger partial charge in [-0.2, -0.15) is 0 Å². The molecule has 0 unspecified atom stereocenters. The highest BCUT2D eigenvalue weighted by Crippen LogP contribution is 2.49. The summed E-state index contributed by atoms with van der Waals surface area (Å²) in [7, 11) is 4.16. The number of aromatic nitrogens is 6. The Labute approximate surface area is 304 Å². The van der Waals surface area contributed by atoms with Crippen LogP contribution in [0.3, 0.4) is 0 Å². The van der Waals surface area contributed by atoms with Crippen molar-refractivity contribution in [1.82, 2.24) is 23.3 Å². The van der Waals surface area contributed by atoms with E-state index < -0.39 is 0 Å². The van der Waals surface area contributed by atoms with Crippen molar-refractivity contribution in [1.29, 1.82) is 0 Å². The third-order valence-electron chi connectivity index (χ3n) is 10.6. The van der Waals surface area contributed by atoms with Crippen molar-refractivity contribution in [2.45, 2.75) is 0 Å². The van der Waals surface area contributed by atoms with Crippen molar-refractivity contribution in [3.05, 3.63) is 164 Å². The Morgan fingerprint density at radius 3 is 2.08 bits per heavy atom. The van der Waals surface area contributed by atoms with Crippen molar-refractivity contribution in [2.75, 3.05) is 0 Å². The first-order chi connectivity index (χ1) is 26.1. The smallest absolute Gasteiger partial charge is 0.243 e. The summed E-state index contributed by atoms with van der Waals surface area (Å²) in [5, 5.41) is 7.15. The van der Waals surface area contributed by atoms with Gasteiger partial charge in [-0.25, -0.2) is 4.98 Å². The number of nitrogens with zero attached hydrogens (tertiary/aromatic N) is 6. The molecule has 0 saturated heterocycles. The van der Waals surface area contributed by atoms with E-state index in [0.29, 0.717) is 0 Å². The summed E-state index contributed by atoms with van der Waals surface area (Å²) in [6, 6.07) is 49.0. The maximum Gasteiger partial charge on any atom is 0.243 e. The summed E-state index contributed by atoms with van der Waals surface area (Å²) in [4.78, 5) is 4.97. The second kappa shape index (κ2) is 11.2. The van der Waals surface area contributed by atoms with Gasteiger partial charge in [-0.15, -0.1) is 0 Å². The van der Waals surface area contributed by atoms with E-state index in [2.05, 4.69) is 142 Å². The van der Waals surface area contributed by atoms with Crippen molar-refractivity contribution in [2.24, 2.45) is 14.1 Å². The molecular formula is C46H32N6O. The lowest BCUT2D eigenvalue weighted by Crippen LogP contribution is -2.27. The summed E-state index contributed by atoms with van der Waals surface area (Å²) in [5.74, 6) is 2.34. The van der Waals surface area contributed by atoms with Crippen molar-refractivity contribution >= 4 is 65.4 Å². The first-order valence-electron chi connectivity index (χ1n) is 17.8. The van der Waals surface area contributed by atoms with Crippen LogP contribution >= 0.6 is 0 Å². The van der Waals surface area contributed by atoms with Gasteiger partial charge in [0.1, 0.15) is 17.3 Å². The number of para-hydroxylation sites is 3. The van der Waals surface area contributed by atoms with Gasteiger partial charge >= 0.3 is 0 Å². The molecule has 11 aromatic rings. The zero-order chi connectivity index (χ0) is 35.2. The molecule has 0 bridgehead atoms. The normalized spacial score (nSPS) is 12.0. The lowest BCUT2D eigenvalue weighted by molar-refractivity contribution is -0.599. The highest BCUT2D eigenvalue weighted by atomic mass is 16.5. The molecule has 11 rings (SSSR count). The Hall–Kier alpha value is -7.12. The summed E-state index contributed by atoms with van der Waals surface area (Å²) in [6.07, 6.45) is 9.11. The average Bonchev–Trinajstić information content (AvgIpc) is 3.95. The lowest BCUT2D eigenvalue weighted by atomic mass is 10.0. The summed E-state index contributed by atoms with van der Waals surface area (Å²) in [5.41, 5.74) is 8.96. The van der Waals surface area contributed by atoms with E-state index in [1.54, 1.807) is 0 Å². The van der Waals surface area contributed by atoms with Crippen molar-refractivity contribution in [3.8, 4) is 28.7 Å². The Kier molecular flexibility index (Phi) is 6.25. The van der Waals surface area contributed by atoms with Crippen LogP contribution in [-0.4, -0.2) is 23.3 Å². The highest BCUT2D eigenvalue weighted by Gasteiger charge is 2.28. The number of benzene rings is 6. The number of aryl methyl sites for hydroxylation is 2. The standard InChI is InChI=1S/C46H32N6O/c1-48-25-26-50(29-48)31-15-12-16-32(27-31)53-33-22-23-36-39(28-33)52(40-21-10-11-24-47-40)44-41(36)42-35-18-7-9-20-38(35)51(30-13-4-3-5-14-30)46(42)45-43(44)34-17-6-8-19-37(34)49(45)2/h3-28H,1-2H3. The molecule has 0 aliphatic carbocycles. The van der Waals surface area contributed by atoms with Gasteiger partial charge in [0.15, 0.2) is 0 Å². The predicted octanol–water partition coefficient (Wildman–Crippen LogP) is 10.1. The molecule has 7 nitrogen and oxygen atoms in total. The number of fused-ring (bicyclic) bond motifs is 12. The topological polar surface area (TPSA) is 45.7 Å². The molecule has 0 radical (unpaired) electrons. The Bertz CT molecular complexity index is 3220. The summed E-state index contributed by atoms with van der Waals surface area (Å²) >= 11 is 0. The van der Waals surface area contributed by atoms with Crippen LogP contribution in [0.4, 0.5) is 0 Å². The number of imidazole rings is 1. The molecule has 5 aromatic heterocycles. The molecule has 7 heteroatoms. The van der Waals surface area contributed by atoms with Crippen LogP contribution in [0.15, 0.2) is 158 Å². The maximum atomic E-state index is 6.65. The third kappa shape index (κ3) is 4.28. The molecule has 0 N–H and O–H groups in total. The first-order valence-corrected chi connectivity index (χ1v) is 17.8. The Balaban J connectivity index is 1.30. The quantitative estimate of drug-likeness (QED) is 0.134. The summed E-state index contributed by atoms with van der Waals surface area (Å²) < 4.78 is 17.7. The van der Waals surface area contributed by atoms with E-state index >= 15 is 0 Å². The second-order valence-electron chi connectivity index (χ2n) is 13.6. The molecule has 0 aliphatic rings. The average molecular weight is 685 g/mol. The van der Waals surface area contributed by atoms with Crippen molar-refractivity contribution in [3.63, 3.8) is 0 Å². The molecular weight excluding hydrogens is 653 g/mol. The van der Waals surface area contributed by atoms with Crippen LogP contribution in [0, 0.1) is 6.33 Å². The summed E-state index contributed by atoms with van der Waals surface area (Å²) in [6.45, 7) is 0. The molecule has 53 heavy (non-hydrogen) atoms. The van der Waals surface area contributed by atoms with Crippen LogP contribution in [-0.2, 0) is 14.1 Å². The fraction of sp³-hybridized carbons (Fsp3) is 0.0435. The zero-order valence-electron chi connectivity index (χ0n) is 29.1. The minimum Gasteiger partial charge on any atom is -0.458 e. The monoisotopic (exact) mass is 684 g/mol. The maximum absolute atomic E-state index is 6.65. The number of pyridine rings is 1. The lowest BCUT2D eigenvalue weighted by Gasteiger charge is -2.12. The minimum atomic E-state index is 0.744. The van der Waals surface area contributed by atoms with E-state index in [1.807, 2.05) is 59.0 Å². The minimum absolute atomic E-state index is 0.744. The number of hydrogen-bond acceptors (Lipinski definition) is 2. The van der Waals surface area contributed by atoms with Gasteiger partial charge in [0.25, 0.3) is 0 Å². The number of hydrogen-bond donors (Lipinski definition) is 0. The fourth-order valence-corrected chi connectivity index (χ4v) is 8.40. The predicted molar refractivity (Wildman–Crippen MR) is 213 cm³/mol. The van der Waals surface area contributed by atoms with E-state index in [4.69, 9.17) is 9.72 Å². The molecule has 0 amide bonds. The highest BCUT2D eigenvalue weighted by molar-refractivity contribution is 6.40. The first kappa shape index (κ1) is 29.6. The largest absolute Gasteiger partial charge is 0.458 e. The molecule has 0 saturated carbocycles. The van der Waals surface area contributed by atoms with Gasteiger partial charge in [-0.1, -0.05) is 72.8 Å². The number of rotatable bonds is 5. The molecule has 5 heterocycles. The van der Waals surface area contributed by atoms with Gasteiger partial charge in [-0.3, -0.25) is 4.57 Å².